The van der Waals surface area contributed by atoms with E-state index in [1.54, 1.807) is 13.8 Å². The zero-order chi connectivity index (χ0) is 18.9. The van der Waals surface area contributed by atoms with Crippen LogP contribution in [0.2, 0.25) is 0 Å². The molecule has 1 aliphatic heterocycles. The third-order valence-corrected chi connectivity index (χ3v) is 5.40. The summed E-state index contributed by atoms with van der Waals surface area (Å²) in [5.74, 6) is -2.41. The Balaban J connectivity index is 2.30. The highest BCUT2D eigenvalue weighted by atomic mass is 32.2. The van der Waals surface area contributed by atoms with Crippen molar-refractivity contribution in [3.05, 3.63) is 34.4 Å². The van der Waals surface area contributed by atoms with Crippen molar-refractivity contribution in [2.24, 2.45) is 5.73 Å². The van der Waals surface area contributed by atoms with Crippen molar-refractivity contribution in [3.8, 4) is 0 Å². The molecule has 25 heavy (non-hydrogen) atoms. The zero-order valence-electron chi connectivity index (χ0n) is 13.5. The average molecular weight is 367 g/mol. The molecule has 0 aromatic heterocycles. The molecule has 134 valence electrons. The first-order chi connectivity index (χ1) is 11.6. The second kappa shape index (κ2) is 6.81. The molecule has 0 unspecified atom stereocenters. The number of benzene rings is 1. The maximum Gasteiger partial charge on any atom is 0.321 e. The van der Waals surface area contributed by atoms with Crippen LogP contribution in [0.4, 0.5) is 11.4 Å². The van der Waals surface area contributed by atoms with Gasteiger partial charge in [-0.15, -0.1) is 11.8 Å². The fourth-order valence-corrected chi connectivity index (χ4v) is 3.91. The van der Waals surface area contributed by atoms with Gasteiger partial charge in [-0.3, -0.25) is 24.5 Å². The molecule has 10 heteroatoms. The van der Waals surface area contributed by atoms with Gasteiger partial charge in [0.05, 0.1) is 10.2 Å². The summed E-state index contributed by atoms with van der Waals surface area (Å²) >= 11 is 0.983. The van der Waals surface area contributed by atoms with Crippen molar-refractivity contribution in [3.63, 3.8) is 0 Å². The van der Waals surface area contributed by atoms with Gasteiger partial charge in [-0.05, 0) is 19.9 Å². The SMILES string of the molecule is CC(C)(S[C@@H]1CC(=O)N(c2ccccc2[N+](=O)[O-])C1=O)[C@H](N)C(=O)O. The maximum absolute atomic E-state index is 12.6. The molecule has 3 N–H and O–H groups in total. The monoisotopic (exact) mass is 367 g/mol. The summed E-state index contributed by atoms with van der Waals surface area (Å²) in [7, 11) is 0. The van der Waals surface area contributed by atoms with E-state index in [4.69, 9.17) is 10.8 Å². The highest BCUT2D eigenvalue weighted by Gasteiger charge is 2.46. The van der Waals surface area contributed by atoms with Gasteiger partial charge in [0.1, 0.15) is 11.7 Å². The summed E-state index contributed by atoms with van der Waals surface area (Å²) in [5.41, 5.74) is 5.20. The van der Waals surface area contributed by atoms with E-state index in [0.29, 0.717) is 0 Å². The van der Waals surface area contributed by atoms with Crippen molar-refractivity contribution < 1.29 is 24.4 Å². The lowest BCUT2D eigenvalue weighted by Crippen LogP contribution is -2.48. The van der Waals surface area contributed by atoms with Crippen LogP contribution in [-0.2, 0) is 14.4 Å². The Hall–Kier alpha value is -2.46. The van der Waals surface area contributed by atoms with Gasteiger partial charge in [0.2, 0.25) is 11.8 Å². The lowest BCUT2D eigenvalue weighted by Gasteiger charge is -2.30. The summed E-state index contributed by atoms with van der Waals surface area (Å²) < 4.78 is -1.01. The first kappa shape index (κ1) is 18.9. The number of amides is 2. The van der Waals surface area contributed by atoms with E-state index in [9.17, 15) is 24.5 Å². The fourth-order valence-electron chi connectivity index (χ4n) is 2.49. The number of anilines is 1. The number of rotatable bonds is 6. The Kier molecular flexibility index (Phi) is 5.14. The normalized spacial score (nSPS) is 19.2. The third-order valence-electron chi connectivity index (χ3n) is 3.89. The number of carboxylic acid groups (broad SMARTS) is 1. The van der Waals surface area contributed by atoms with E-state index in [0.717, 1.165) is 16.7 Å². The number of aliphatic carboxylic acids is 1. The lowest BCUT2D eigenvalue weighted by molar-refractivity contribution is -0.384. The molecule has 2 atom stereocenters. The van der Waals surface area contributed by atoms with Crippen molar-refractivity contribution in [2.75, 3.05) is 4.90 Å². The molecule has 0 saturated carbocycles. The van der Waals surface area contributed by atoms with Crippen LogP contribution in [0.25, 0.3) is 0 Å². The predicted octanol–water partition coefficient (Wildman–Crippen LogP) is 1.15. The average Bonchev–Trinajstić information content (AvgIpc) is 2.79. The number of para-hydroxylation sites is 2. The standard InChI is InChI=1S/C15H17N3O6S/c1-15(2,12(16)14(21)22)25-10-7-11(19)17(13(10)20)8-5-3-4-6-9(8)18(23)24/h3-6,10,12H,7,16H2,1-2H3,(H,21,22)/t10-,12-/m1/s1. The molecular weight excluding hydrogens is 350 g/mol. The minimum absolute atomic E-state index is 0.0917. The minimum Gasteiger partial charge on any atom is -0.480 e. The highest BCUT2D eigenvalue weighted by Crippen LogP contribution is 2.40. The van der Waals surface area contributed by atoms with Crippen molar-refractivity contribution in [1.82, 2.24) is 0 Å². The molecule has 1 aromatic carbocycles. The van der Waals surface area contributed by atoms with E-state index in [1.165, 1.54) is 24.3 Å². The summed E-state index contributed by atoms with van der Waals surface area (Å²) in [6, 6.07) is 4.23. The number of hydrogen-bond donors (Lipinski definition) is 2. The number of nitro benzene ring substituents is 1. The smallest absolute Gasteiger partial charge is 0.321 e. The first-order valence-corrected chi connectivity index (χ1v) is 8.20. The van der Waals surface area contributed by atoms with Crippen LogP contribution in [0.3, 0.4) is 0 Å². The molecule has 1 fully saturated rings. The Morgan fingerprint density at radius 3 is 2.60 bits per heavy atom. The van der Waals surface area contributed by atoms with Gasteiger partial charge in [-0.25, -0.2) is 4.90 Å². The summed E-state index contributed by atoms with van der Waals surface area (Å²) in [6.07, 6.45) is -0.175. The van der Waals surface area contributed by atoms with E-state index in [-0.39, 0.29) is 17.8 Å². The number of carbonyl (C=O) groups excluding carboxylic acids is 2. The number of nitrogens with zero attached hydrogens (tertiary/aromatic N) is 2. The van der Waals surface area contributed by atoms with Gasteiger partial charge in [0.15, 0.2) is 0 Å². The molecule has 0 spiro atoms. The number of nitrogens with two attached hydrogens (primary N) is 1. The molecule has 2 rings (SSSR count). The van der Waals surface area contributed by atoms with Gasteiger partial charge < -0.3 is 10.8 Å². The lowest BCUT2D eigenvalue weighted by atomic mass is 10.1. The van der Waals surface area contributed by atoms with Crippen LogP contribution in [-0.4, -0.2) is 43.9 Å². The zero-order valence-corrected chi connectivity index (χ0v) is 14.4. The Bertz CT molecular complexity index is 751. The Labute approximate surface area is 147 Å². The fraction of sp³-hybridized carbons (Fsp3) is 0.400. The van der Waals surface area contributed by atoms with Gasteiger partial charge in [0.25, 0.3) is 5.69 Å². The van der Waals surface area contributed by atoms with Crippen LogP contribution in [0.5, 0.6) is 0 Å². The molecule has 0 bridgehead atoms. The Morgan fingerprint density at radius 1 is 1.44 bits per heavy atom. The van der Waals surface area contributed by atoms with Crippen LogP contribution in [0.15, 0.2) is 24.3 Å². The van der Waals surface area contributed by atoms with Gasteiger partial charge in [0, 0.05) is 17.2 Å². The van der Waals surface area contributed by atoms with Crippen molar-refractivity contribution >= 4 is 40.9 Å². The molecular formula is C15H17N3O6S. The molecule has 1 heterocycles. The maximum atomic E-state index is 12.6. The Morgan fingerprint density at radius 2 is 2.04 bits per heavy atom. The molecule has 0 radical (unpaired) electrons. The van der Waals surface area contributed by atoms with Gasteiger partial charge >= 0.3 is 5.97 Å². The minimum atomic E-state index is -1.24. The first-order valence-electron chi connectivity index (χ1n) is 7.32. The van der Waals surface area contributed by atoms with Crippen LogP contribution >= 0.6 is 11.8 Å². The molecule has 2 amide bonds. The van der Waals surface area contributed by atoms with E-state index in [1.807, 2.05) is 0 Å². The van der Waals surface area contributed by atoms with Gasteiger partial charge in [-0.2, -0.15) is 0 Å². The second-order valence-corrected chi connectivity index (χ2v) is 7.90. The van der Waals surface area contributed by atoms with E-state index < -0.39 is 38.7 Å². The highest BCUT2D eigenvalue weighted by molar-refractivity contribution is 8.02. The molecule has 1 aliphatic rings. The van der Waals surface area contributed by atoms with Crippen LogP contribution in [0, 0.1) is 10.1 Å². The molecule has 1 aromatic rings. The number of carbonyl (C=O) groups is 3. The van der Waals surface area contributed by atoms with Gasteiger partial charge in [-0.1, -0.05) is 12.1 Å². The summed E-state index contributed by atoms with van der Waals surface area (Å²) in [5, 5.41) is 19.3. The number of thioether (sulfide) groups is 1. The molecule has 0 aliphatic carbocycles. The number of carboxylic acids is 1. The van der Waals surface area contributed by atoms with E-state index >= 15 is 0 Å². The quantitative estimate of drug-likeness (QED) is 0.433. The largest absolute Gasteiger partial charge is 0.480 e. The summed E-state index contributed by atoms with van der Waals surface area (Å²) in [4.78, 5) is 47.3. The topological polar surface area (TPSA) is 144 Å². The second-order valence-electron chi connectivity index (χ2n) is 6.04. The third kappa shape index (κ3) is 3.64. The van der Waals surface area contributed by atoms with E-state index in [2.05, 4.69) is 0 Å². The van der Waals surface area contributed by atoms with Crippen LogP contribution < -0.4 is 10.6 Å². The molecule has 9 nitrogen and oxygen atoms in total. The predicted molar refractivity (Wildman–Crippen MR) is 91.3 cm³/mol. The number of hydrogen-bond acceptors (Lipinski definition) is 7. The summed E-state index contributed by atoms with van der Waals surface area (Å²) in [6.45, 7) is 3.14. The van der Waals surface area contributed by atoms with Crippen LogP contribution in [0.1, 0.15) is 20.3 Å². The number of imide groups is 1. The van der Waals surface area contributed by atoms with Crippen molar-refractivity contribution in [1.29, 1.82) is 0 Å². The number of nitro groups is 1. The molecule has 1 saturated heterocycles. The van der Waals surface area contributed by atoms with Crippen molar-refractivity contribution in [2.45, 2.75) is 36.3 Å².